The van der Waals surface area contributed by atoms with E-state index in [-0.39, 0.29) is 5.91 Å². The molecule has 0 fully saturated rings. The Morgan fingerprint density at radius 1 is 1.03 bits per heavy atom. The van der Waals surface area contributed by atoms with E-state index in [9.17, 15) is 4.79 Å². The van der Waals surface area contributed by atoms with Crippen molar-refractivity contribution in [3.63, 3.8) is 0 Å². The Kier molecular flexibility index (Phi) is 10.4. The first-order chi connectivity index (χ1) is 15.2. The first-order valence-electron chi connectivity index (χ1n) is 10.7. The maximum atomic E-state index is 12.3. The molecule has 5 nitrogen and oxygen atoms in total. The fraction of sp³-hybridized carbons (Fsp3) is 0.400. The third-order valence-electron chi connectivity index (χ3n) is 4.95. The van der Waals surface area contributed by atoms with Crippen LogP contribution in [0, 0.1) is 0 Å². The monoisotopic (exact) mass is 478 g/mol. The lowest BCUT2D eigenvalue weighted by atomic mass is 10.2. The summed E-state index contributed by atoms with van der Waals surface area (Å²) in [7, 11) is 1.60. The molecule has 32 heavy (non-hydrogen) atoms. The van der Waals surface area contributed by atoms with Crippen LogP contribution in [0.5, 0.6) is 11.5 Å². The third kappa shape index (κ3) is 8.05. The van der Waals surface area contributed by atoms with E-state index in [2.05, 4.69) is 37.9 Å². The van der Waals surface area contributed by atoms with E-state index in [0.717, 1.165) is 18.5 Å². The molecule has 0 radical (unpaired) electrons. The molecule has 1 amide bonds. The van der Waals surface area contributed by atoms with E-state index in [0.29, 0.717) is 45.9 Å². The molecule has 0 aliphatic heterocycles. The number of hydrogen-bond donors (Lipinski definition) is 1. The van der Waals surface area contributed by atoms with Gasteiger partial charge in [0, 0.05) is 36.5 Å². The van der Waals surface area contributed by atoms with Gasteiger partial charge in [0.25, 0.3) is 0 Å². The minimum absolute atomic E-state index is 0.267. The standard InChI is InChI=1S/C25H32Cl2N2O3/c1-17(2)29(18(3)4)13-6-14-32-24-16-20(9-11-23(24)31-5)28-25(30)12-8-19-7-10-21(26)22(27)15-19/h7-12,15-18H,6,13-14H2,1-5H3,(H,28,30). The summed E-state index contributed by atoms with van der Waals surface area (Å²) in [5, 5.41) is 3.75. The van der Waals surface area contributed by atoms with Crippen molar-refractivity contribution in [3.8, 4) is 11.5 Å². The van der Waals surface area contributed by atoms with Crippen LogP contribution in [0.2, 0.25) is 10.0 Å². The number of nitrogens with zero attached hydrogens (tertiary/aromatic N) is 1. The Bertz CT molecular complexity index is 921. The molecule has 2 aromatic carbocycles. The molecule has 7 heteroatoms. The van der Waals surface area contributed by atoms with Gasteiger partial charge in [0.1, 0.15) is 0 Å². The number of hydrogen-bond acceptors (Lipinski definition) is 4. The number of rotatable bonds is 11. The average Bonchev–Trinajstić information content (AvgIpc) is 2.74. The highest BCUT2D eigenvalue weighted by molar-refractivity contribution is 6.42. The molecule has 0 aliphatic carbocycles. The number of ether oxygens (including phenoxy) is 2. The van der Waals surface area contributed by atoms with Gasteiger partial charge in [0.05, 0.1) is 23.8 Å². The van der Waals surface area contributed by atoms with Crippen LogP contribution in [0.4, 0.5) is 5.69 Å². The largest absolute Gasteiger partial charge is 0.493 e. The van der Waals surface area contributed by atoms with Crippen molar-refractivity contribution in [1.29, 1.82) is 0 Å². The van der Waals surface area contributed by atoms with E-state index in [4.69, 9.17) is 32.7 Å². The lowest BCUT2D eigenvalue weighted by molar-refractivity contribution is -0.111. The lowest BCUT2D eigenvalue weighted by Gasteiger charge is -2.30. The van der Waals surface area contributed by atoms with Crippen LogP contribution in [0.1, 0.15) is 39.7 Å². The van der Waals surface area contributed by atoms with Crippen LogP contribution in [-0.2, 0) is 4.79 Å². The summed E-state index contributed by atoms with van der Waals surface area (Å²) in [6.07, 6.45) is 4.01. The Hall–Kier alpha value is -2.21. The number of benzene rings is 2. The maximum Gasteiger partial charge on any atom is 0.248 e. The molecule has 0 saturated heterocycles. The second-order valence-corrected chi connectivity index (χ2v) is 8.80. The molecular weight excluding hydrogens is 447 g/mol. The van der Waals surface area contributed by atoms with Crippen LogP contribution >= 0.6 is 23.2 Å². The van der Waals surface area contributed by atoms with E-state index in [1.165, 1.54) is 6.08 Å². The summed E-state index contributed by atoms with van der Waals surface area (Å²) in [5.41, 5.74) is 1.40. The molecule has 174 valence electrons. The van der Waals surface area contributed by atoms with Crippen molar-refractivity contribution >= 4 is 40.9 Å². The number of carbonyl (C=O) groups is 1. The third-order valence-corrected chi connectivity index (χ3v) is 5.69. The molecule has 0 bridgehead atoms. The van der Waals surface area contributed by atoms with Crippen molar-refractivity contribution in [3.05, 3.63) is 58.1 Å². The van der Waals surface area contributed by atoms with E-state index < -0.39 is 0 Å². The molecule has 1 N–H and O–H groups in total. The molecule has 0 unspecified atom stereocenters. The number of anilines is 1. The van der Waals surface area contributed by atoms with Crippen LogP contribution in [-0.4, -0.2) is 43.2 Å². The highest BCUT2D eigenvalue weighted by atomic mass is 35.5. The summed E-state index contributed by atoms with van der Waals surface area (Å²) >= 11 is 11.9. The van der Waals surface area contributed by atoms with Crippen LogP contribution in [0.25, 0.3) is 6.08 Å². The molecule has 0 aromatic heterocycles. The summed E-state index contributed by atoms with van der Waals surface area (Å²) in [4.78, 5) is 14.8. The topological polar surface area (TPSA) is 50.8 Å². The van der Waals surface area contributed by atoms with E-state index in [1.807, 2.05) is 0 Å². The second-order valence-electron chi connectivity index (χ2n) is 7.99. The van der Waals surface area contributed by atoms with Gasteiger partial charge in [-0.15, -0.1) is 0 Å². The molecule has 2 aromatic rings. The van der Waals surface area contributed by atoms with E-state index >= 15 is 0 Å². The van der Waals surface area contributed by atoms with Gasteiger partial charge < -0.3 is 14.8 Å². The summed E-state index contributed by atoms with van der Waals surface area (Å²) in [6.45, 7) is 10.3. The molecule has 0 saturated carbocycles. The summed E-state index contributed by atoms with van der Waals surface area (Å²) < 4.78 is 11.4. The predicted octanol–water partition coefficient (Wildman–Crippen LogP) is 6.54. The zero-order valence-corrected chi connectivity index (χ0v) is 20.8. The number of methoxy groups -OCH3 is 1. The SMILES string of the molecule is COc1ccc(NC(=O)C=Cc2ccc(Cl)c(Cl)c2)cc1OCCCN(C(C)C)C(C)C. The van der Waals surface area contributed by atoms with Gasteiger partial charge in [-0.05, 0) is 70.0 Å². The molecule has 2 rings (SSSR count). The molecule has 0 aliphatic rings. The minimum Gasteiger partial charge on any atom is -0.493 e. The molecule has 0 spiro atoms. The lowest BCUT2D eigenvalue weighted by Crippen LogP contribution is -2.38. The Morgan fingerprint density at radius 2 is 1.75 bits per heavy atom. The van der Waals surface area contributed by atoms with Gasteiger partial charge in [-0.25, -0.2) is 0 Å². The fourth-order valence-corrected chi connectivity index (χ4v) is 3.69. The molecule has 0 atom stereocenters. The predicted molar refractivity (Wildman–Crippen MR) is 134 cm³/mol. The van der Waals surface area contributed by atoms with Gasteiger partial charge >= 0.3 is 0 Å². The number of carbonyl (C=O) groups excluding carboxylic acids is 1. The molecular formula is C25H32Cl2N2O3. The van der Waals surface area contributed by atoms with Crippen LogP contribution < -0.4 is 14.8 Å². The van der Waals surface area contributed by atoms with Gasteiger partial charge in [0.15, 0.2) is 11.5 Å². The van der Waals surface area contributed by atoms with Gasteiger partial charge in [-0.1, -0.05) is 29.3 Å². The second kappa shape index (κ2) is 12.7. The number of halogens is 2. The Balaban J connectivity index is 1.97. The Morgan fingerprint density at radius 3 is 2.38 bits per heavy atom. The van der Waals surface area contributed by atoms with Gasteiger partial charge in [-0.2, -0.15) is 0 Å². The van der Waals surface area contributed by atoms with E-state index in [1.54, 1.807) is 49.6 Å². The van der Waals surface area contributed by atoms with Crippen LogP contribution in [0.15, 0.2) is 42.5 Å². The van der Waals surface area contributed by atoms with Crippen LogP contribution in [0.3, 0.4) is 0 Å². The highest BCUT2D eigenvalue weighted by Crippen LogP contribution is 2.30. The fourth-order valence-electron chi connectivity index (χ4n) is 3.38. The number of amides is 1. The van der Waals surface area contributed by atoms with Gasteiger partial charge in [0.2, 0.25) is 5.91 Å². The minimum atomic E-state index is -0.267. The summed E-state index contributed by atoms with van der Waals surface area (Å²) in [6, 6.07) is 11.5. The first kappa shape index (κ1) is 26.0. The van der Waals surface area contributed by atoms with Gasteiger partial charge in [-0.3, -0.25) is 9.69 Å². The number of nitrogens with one attached hydrogen (secondary N) is 1. The van der Waals surface area contributed by atoms with Crippen molar-refractivity contribution in [2.45, 2.75) is 46.2 Å². The van der Waals surface area contributed by atoms with Crippen molar-refractivity contribution in [2.24, 2.45) is 0 Å². The first-order valence-corrected chi connectivity index (χ1v) is 11.5. The van der Waals surface area contributed by atoms with Crippen molar-refractivity contribution in [1.82, 2.24) is 4.90 Å². The maximum absolute atomic E-state index is 12.3. The zero-order valence-electron chi connectivity index (χ0n) is 19.3. The quantitative estimate of drug-likeness (QED) is 0.294. The normalized spacial score (nSPS) is 11.6. The zero-order chi connectivity index (χ0) is 23.7. The average molecular weight is 479 g/mol. The van der Waals surface area contributed by atoms with Crippen molar-refractivity contribution < 1.29 is 14.3 Å². The Labute approximate surface area is 201 Å². The highest BCUT2D eigenvalue weighted by Gasteiger charge is 2.13. The smallest absolute Gasteiger partial charge is 0.248 e. The molecule has 0 heterocycles. The summed E-state index contributed by atoms with van der Waals surface area (Å²) in [5.74, 6) is 0.954. The van der Waals surface area contributed by atoms with Crippen molar-refractivity contribution in [2.75, 3.05) is 25.6 Å².